The molecule has 0 radical (unpaired) electrons. The second-order valence-electron chi connectivity index (χ2n) is 4.00. The quantitative estimate of drug-likeness (QED) is 0.898. The summed E-state index contributed by atoms with van der Waals surface area (Å²) in [7, 11) is 0. The van der Waals surface area contributed by atoms with E-state index in [0.29, 0.717) is 11.5 Å². The molecule has 0 fully saturated rings. The molecule has 18 heavy (non-hydrogen) atoms. The van der Waals surface area contributed by atoms with Gasteiger partial charge in [-0.05, 0) is 31.2 Å². The number of nitrogens with two attached hydrogens (primary N) is 1. The zero-order valence-corrected chi connectivity index (χ0v) is 9.86. The van der Waals surface area contributed by atoms with Gasteiger partial charge in [-0.2, -0.15) is 0 Å². The number of benzene rings is 2. The average Bonchev–Trinajstić information content (AvgIpc) is 2.28. The minimum Gasteiger partial charge on any atom is -0.457 e. The van der Waals surface area contributed by atoms with Gasteiger partial charge in [0.05, 0.1) is 0 Å². The summed E-state index contributed by atoms with van der Waals surface area (Å²) in [6.45, 7) is 1.66. The molecule has 2 rings (SSSR count). The van der Waals surface area contributed by atoms with Crippen molar-refractivity contribution < 1.29 is 13.5 Å². The van der Waals surface area contributed by atoms with E-state index in [9.17, 15) is 8.78 Å². The predicted octanol–water partition coefficient (Wildman–Crippen LogP) is 3.78. The summed E-state index contributed by atoms with van der Waals surface area (Å²) in [5.41, 5.74) is 5.98. The molecule has 2 aromatic rings. The highest BCUT2D eigenvalue weighted by Crippen LogP contribution is 2.30. The van der Waals surface area contributed by atoms with Crippen LogP contribution in [0.2, 0.25) is 0 Å². The number of halogens is 2. The van der Waals surface area contributed by atoms with Gasteiger partial charge in [0.2, 0.25) is 0 Å². The first-order valence-corrected chi connectivity index (χ1v) is 5.55. The zero-order chi connectivity index (χ0) is 13.1. The van der Waals surface area contributed by atoms with Gasteiger partial charge in [0.15, 0.2) is 0 Å². The van der Waals surface area contributed by atoms with Gasteiger partial charge in [-0.15, -0.1) is 0 Å². The van der Waals surface area contributed by atoms with Crippen molar-refractivity contribution in [1.29, 1.82) is 0 Å². The lowest BCUT2D eigenvalue weighted by Gasteiger charge is -2.14. The van der Waals surface area contributed by atoms with Crippen molar-refractivity contribution in [2.24, 2.45) is 5.73 Å². The van der Waals surface area contributed by atoms with Crippen LogP contribution in [-0.2, 0) is 0 Å². The lowest BCUT2D eigenvalue weighted by molar-refractivity contribution is 0.456. The van der Waals surface area contributed by atoms with Crippen LogP contribution < -0.4 is 10.5 Å². The van der Waals surface area contributed by atoms with Crippen LogP contribution in [0, 0.1) is 11.6 Å². The molecule has 0 saturated carbocycles. The summed E-state index contributed by atoms with van der Waals surface area (Å²) in [6, 6.07) is 9.60. The van der Waals surface area contributed by atoms with Crippen LogP contribution in [0.1, 0.15) is 18.5 Å². The zero-order valence-electron chi connectivity index (χ0n) is 9.86. The first-order chi connectivity index (χ1) is 8.58. The van der Waals surface area contributed by atoms with Gasteiger partial charge >= 0.3 is 0 Å². The van der Waals surface area contributed by atoms with Crippen molar-refractivity contribution in [2.75, 3.05) is 0 Å². The maximum atomic E-state index is 13.6. The topological polar surface area (TPSA) is 35.2 Å². The summed E-state index contributed by atoms with van der Waals surface area (Å²) in [5.74, 6) is -0.233. The third-order valence-electron chi connectivity index (χ3n) is 2.49. The molecule has 1 atom stereocenters. The van der Waals surface area contributed by atoms with Crippen LogP contribution >= 0.6 is 0 Å². The van der Waals surface area contributed by atoms with E-state index in [1.165, 1.54) is 30.3 Å². The smallest absolute Gasteiger partial charge is 0.135 e. The molecule has 2 aromatic carbocycles. The minimum absolute atomic E-state index is 0.279. The molecule has 94 valence electrons. The van der Waals surface area contributed by atoms with Gasteiger partial charge in [0, 0.05) is 17.7 Å². The van der Waals surface area contributed by atoms with Crippen LogP contribution in [0.5, 0.6) is 11.5 Å². The van der Waals surface area contributed by atoms with Crippen LogP contribution in [0.15, 0.2) is 42.5 Å². The van der Waals surface area contributed by atoms with Gasteiger partial charge < -0.3 is 10.5 Å². The second kappa shape index (κ2) is 5.14. The van der Waals surface area contributed by atoms with E-state index in [0.717, 1.165) is 0 Å². The Labute approximate surface area is 104 Å². The van der Waals surface area contributed by atoms with E-state index in [1.807, 2.05) is 0 Å². The van der Waals surface area contributed by atoms with Crippen molar-refractivity contribution in [2.45, 2.75) is 13.0 Å². The first kappa shape index (κ1) is 12.5. The predicted molar refractivity (Wildman–Crippen MR) is 65.5 cm³/mol. The number of hydrogen-bond donors (Lipinski definition) is 1. The molecule has 0 aliphatic rings. The summed E-state index contributed by atoms with van der Waals surface area (Å²) in [6.07, 6.45) is 0. The standard InChI is InChI=1S/C14H13F2NO/c1-9(17)14-12(16)6-3-7-13(14)18-11-5-2-4-10(15)8-11/h2-9H,17H2,1H3/t9-/m0/s1. The number of ether oxygens (including phenoxy) is 1. The van der Waals surface area contributed by atoms with Gasteiger partial charge in [0.1, 0.15) is 23.1 Å². The maximum Gasteiger partial charge on any atom is 0.135 e. The molecular weight excluding hydrogens is 236 g/mol. The van der Waals surface area contributed by atoms with Gasteiger partial charge in [-0.25, -0.2) is 8.78 Å². The molecule has 0 aromatic heterocycles. The molecule has 0 unspecified atom stereocenters. The van der Waals surface area contributed by atoms with Crippen molar-refractivity contribution in [3.63, 3.8) is 0 Å². The number of hydrogen-bond acceptors (Lipinski definition) is 2. The van der Waals surface area contributed by atoms with Crippen molar-refractivity contribution >= 4 is 0 Å². The maximum absolute atomic E-state index is 13.6. The molecule has 4 heteroatoms. The minimum atomic E-state index is -0.505. The van der Waals surface area contributed by atoms with E-state index in [4.69, 9.17) is 10.5 Å². The van der Waals surface area contributed by atoms with E-state index in [1.54, 1.807) is 19.1 Å². The molecule has 2 nitrogen and oxygen atoms in total. The normalized spacial score (nSPS) is 12.2. The third-order valence-corrected chi connectivity index (χ3v) is 2.49. The Morgan fingerprint density at radius 2 is 1.83 bits per heavy atom. The summed E-state index contributed by atoms with van der Waals surface area (Å²) in [5, 5.41) is 0. The fourth-order valence-corrected chi connectivity index (χ4v) is 1.71. The Hall–Kier alpha value is -1.94. The van der Waals surface area contributed by atoms with Crippen LogP contribution in [0.4, 0.5) is 8.78 Å². The Morgan fingerprint density at radius 1 is 1.11 bits per heavy atom. The molecule has 0 aliphatic heterocycles. The largest absolute Gasteiger partial charge is 0.457 e. The van der Waals surface area contributed by atoms with Crippen molar-refractivity contribution in [3.8, 4) is 11.5 Å². The second-order valence-corrected chi connectivity index (χ2v) is 4.00. The summed E-state index contributed by atoms with van der Waals surface area (Å²) >= 11 is 0. The van der Waals surface area contributed by atoms with E-state index >= 15 is 0 Å². The summed E-state index contributed by atoms with van der Waals surface area (Å²) in [4.78, 5) is 0. The Morgan fingerprint density at radius 3 is 2.50 bits per heavy atom. The third kappa shape index (κ3) is 2.65. The van der Waals surface area contributed by atoms with E-state index in [2.05, 4.69) is 0 Å². The van der Waals surface area contributed by atoms with Crippen LogP contribution in [-0.4, -0.2) is 0 Å². The van der Waals surface area contributed by atoms with Crippen molar-refractivity contribution in [1.82, 2.24) is 0 Å². The van der Waals surface area contributed by atoms with Gasteiger partial charge in [-0.3, -0.25) is 0 Å². The fraction of sp³-hybridized carbons (Fsp3) is 0.143. The molecule has 0 spiro atoms. The lowest BCUT2D eigenvalue weighted by atomic mass is 10.1. The van der Waals surface area contributed by atoms with Gasteiger partial charge in [0.25, 0.3) is 0 Å². The number of rotatable bonds is 3. The highest BCUT2D eigenvalue weighted by Gasteiger charge is 2.14. The Balaban J connectivity index is 2.37. The molecule has 0 aliphatic carbocycles. The van der Waals surface area contributed by atoms with Crippen LogP contribution in [0.25, 0.3) is 0 Å². The molecule has 0 saturated heterocycles. The SMILES string of the molecule is C[C@H](N)c1c(F)cccc1Oc1cccc(F)c1. The Bertz CT molecular complexity index is 555. The average molecular weight is 249 g/mol. The highest BCUT2D eigenvalue weighted by molar-refractivity contribution is 5.40. The van der Waals surface area contributed by atoms with E-state index in [-0.39, 0.29) is 5.56 Å². The monoisotopic (exact) mass is 249 g/mol. The first-order valence-electron chi connectivity index (χ1n) is 5.55. The Kier molecular flexibility index (Phi) is 3.58. The lowest BCUT2D eigenvalue weighted by Crippen LogP contribution is -2.09. The molecule has 2 N–H and O–H groups in total. The molecular formula is C14H13F2NO. The van der Waals surface area contributed by atoms with Crippen LogP contribution in [0.3, 0.4) is 0 Å². The summed E-state index contributed by atoms with van der Waals surface area (Å²) < 4.78 is 32.2. The van der Waals surface area contributed by atoms with E-state index < -0.39 is 17.7 Å². The molecule has 0 bridgehead atoms. The highest BCUT2D eigenvalue weighted by atomic mass is 19.1. The molecule has 0 amide bonds. The molecule has 0 heterocycles. The fourth-order valence-electron chi connectivity index (χ4n) is 1.71. The van der Waals surface area contributed by atoms with Crippen molar-refractivity contribution in [3.05, 3.63) is 59.7 Å². The van der Waals surface area contributed by atoms with Gasteiger partial charge in [-0.1, -0.05) is 12.1 Å².